The number of aryl methyl sites for hydroxylation is 1. The van der Waals surface area contributed by atoms with Crippen molar-refractivity contribution in [3.63, 3.8) is 0 Å². The van der Waals surface area contributed by atoms with Gasteiger partial charge in [0.1, 0.15) is 0 Å². The third kappa shape index (κ3) is 4.11. The van der Waals surface area contributed by atoms with Crippen LogP contribution in [0.2, 0.25) is 0 Å². The topological polar surface area (TPSA) is 36.3 Å². The number of aromatic nitrogens is 2. The summed E-state index contributed by atoms with van der Waals surface area (Å²) in [5.74, 6) is 0. The predicted octanol–water partition coefficient (Wildman–Crippen LogP) is 4.10. The largest absolute Gasteiger partial charge is 0.352 e. The normalized spacial score (nSPS) is 18.8. The molecule has 0 unspecified atom stereocenters. The van der Waals surface area contributed by atoms with Gasteiger partial charge in [0.2, 0.25) is 0 Å². The van der Waals surface area contributed by atoms with E-state index in [1.54, 1.807) is 0 Å². The molecule has 2 atom stereocenters. The first-order chi connectivity index (χ1) is 14.6. The van der Waals surface area contributed by atoms with E-state index >= 15 is 0 Å². The second-order valence-electron chi connectivity index (χ2n) is 8.07. The summed E-state index contributed by atoms with van der Waals surface area (Å²) in [7, 11) is 4.22. The lowest BCUT2D eigenvalue weighted by Crippen LogP contribution is -2.33. The molecular weight excluding hydrogens is 390 g/mol. The summed E-state index contributed by atoms with van der Waals surface area (Å²) in [5.41, 5.74) is 4.68. The highest BCUT2D eigenvalue weighted by Gasteiger charge is 2.41. The number of rotatable bonds is 7. The van der Waals surface area contributed by atoms with Crippen LogP contribution in [0, 0.1) is 6.92 Å². The molecule has 30 heavy (non-hydrogen) atoms. The lowest BCUT2D eigenvalue weighted by Gasteiger charge is -2.29. The van der Waals surface area contributed by atoms with Gasteiger partial charge in [0.15, 0.2) is 5.11 Å². The number of pyridine rings is 1. The monoisotopic (exact) mass is 419 g/mol. The number of benzene rings is 1. The van der Waals surface area contributed by atoms with E-state index in [2.05, 4.69) is 94.3 Å². The predicted molar refractivity (Wildman–Crippen MR) is 126 cm³/mol. The minimum absolute atomic E-state index is 0.00993. The molecule has 6 heteroatoms. The Labute approximate surface area is 184 Å². The minimum Gasteiger partial charge on any atom is -0.352 e. The van der Waals surface area contributed by atoms with Crippen molar-refractivity contribution in [2.45, 2.75) is 25.4 Å². The van der Waals surface area contributed by atoms with Crippen LogP contribution in [-0.4, -0.2) is 51.6 Å². The number of thiocarbonyl (C=S) groups is 1. The van der Waals surface area contributed by atoms with Crippen molar-refractivity contribution in [1.29, 1.82) is 0 Å². The summed E-state index contributed by atoms with van der Waals surface area (Å²) in [4.78, 5) is 9.20. The Hall–Kier alpha value is -2.70. The van der Waals surface area contributed by atoms with Crippen LogP contribution in [0.4, 0.5) is 0 Å². The van der Waals surface area contributed by atoms with Crippen LogP contribution < -0.4 is 5.32 Å². The van der Waals surface area contributed by atoms with Gasteiger partial charge < -0.3 is 19.7 Å². The van der Waals surface area contributed by atoms with Crippen LogP contribution in [0.1, 0.15) is 35.5 Å². The van der Waals surface area contributed by atoms with Gasteiger partial charge in [-0.25, -0.2) is 0 Å². The summed E-state index contributed by atoms with van der Waals surface area (Å²) in [6.45, 7) is 4.08. The zero-order valence-electron chi connectivity index (χ0n) is 17.8. The van der Waals surface area contributed by atoms with Gasteiger partial charge in [0.25, 0.3) is 0 Å². The van der Waals surface area contributed by atoms with Crippen LogP contribution in [0.3, 0.4) is 0 Å². The van der Waals surface area contributed by atoms with Gasteiger partial charge in [0, 0.05) is 30.3 Å². The smallest absolute Gasteiger partial charge is 0.170 e. The number of para-hydroxylation sites is 1. The maximum absolute atomic E-state index is 5.80. The van der Waals surface area contributed by atoms with Gasteiger partial charge in [-0.1, -0.05) is 24.3 Å². The second-order valence-corrected chi connectivity index (χ2v) is 8.45. The molecule has 5 nitrogen and oxygen atoms in total. The van der Waals surface area contributed by atoms with Crippen molar-refractivity contribution in [3.8, 4) is 5.69 Å². The van der Waals surface area contributed by atoms with E-state index in [4.69, 9.17) is 12.2 Å². The molecule has 0 saturated carbocycles. The van der Waals surface area contributed by atoms with Crippen LogP contribution >= 0.6 is 12.2 Å². The fourth-order valence-corrected chi connectivity index (χ4v) is 4.55. The molecule has 0 radical (unpaired) electrons. The zero-order valence-corrected chi connectivity index (χ0v) is 18.6. The second kappa shape index (κ2) is 8.98. The van der Waals surface area contributed by atoms with E-state index in [0.717, 1.165) is 30.3 Å². The Balaban J connectivity index is 1.75. The van der Waals surface area contributed by atoms with Crippen molar-refractivity contribution in [2.24, 2.45) is 0 Å². The van der Waals surface area contributed by atoms with Crippen LogP contribution in [0.15, 0.2) is 67.0 Å². The van der Waals surface area contributed by atoms with Crippen molar-refractivity contribution in [3.05, 3.63) is 83.9 Å². The maximum Gasteiger partial charge on any atom is 0.170 e. The van der Waals surface area contributed by atoms with Crippen LogP contribution in [-0.2, 0) is 0 Å². The molecule has 2 aromatic heterocycles. The summed E-state index contributed by atoms with van der Waals surface area (Å²) < 4.78 is 2.30. The average Bonchev–Trinajstić information content (AvgIpc) is 3.33. The Morgan fingerprint density at radius 3 is 2.60 bits per heavy atom. The van der Waals surface area contributed by atoms with Gasteiger partial charge in [-0.05, 0) is 82.1 Å². The first-order valence-corrected chi connectivity index (χ1v) is 10.8. The molecule has 0 bridgehead atoms. The van der Waals surface area contributed by atoms with E-state index in [0.29, 0.717) is 0 Å². The van der Waals surface area contributed by atoms with Crippen LogP contribution in [0.5, 0.6) is 0 Å². The Morgan fingerprint density at radius 2 is 1.87 bits per heavy atom. The molecular formula is C24H29N5S. The third-order valence-electron chi connectivity index (χ3n) is 5.66. The van der Waals surface area contributed by atoms with E-state index in [-0.39, 0.29) is 12.1 Å². The molecule has 1 aromatic carbocycles. The minimum atomic E-state index is 0.00993. The summed E-state index contributed by atoms with van der Waals surface area (Å²) in [6.07, 6.45) is 5.05. The van der Waals surface area contributed by atoms with E-state index in [1.807, 2.05) is 18.3 Å². The molecule has 1 fully saturated rings. The average molecular weight is 420 g/mol. The number of hydrogen-bond donors (Lipinski definition) is 1. The highest BCUT2D eigenvalue weighted by atomic mass is 32.1. The van der Waals surface area contributed by atoms with Crippen LogP contribution in [0.25, 0.3) is 5.69 Å². The molecule has 1 aliphatic heterocycles. The van der Waals surface area contributed by atoms with Crippen molar-refractivity contribution in [2.75, 3.05) is 27.2 Å². The Bertz CT molecular complexity index is 998. The van der Waals surface area contributed by atoms with Gasteiger partial charge in [-0.15, -0.1) is 0 Å². The molecule has 1 N–H and O–H groups in total. The molecule has 4 rings (SSSR count). The Morgan fingerprint density at radius 1 is 1.07 bits per heavy atom. The fourth-order valence-electron chi connectivity index (χ4n) is 4.21. The SMILES string of the molecule is Cc1ccccc1-n1cccc1[C@@H]1[C@H](c2ccccn2)NC(=S)N1CCCN(C)C. The molecule has 3 heterocycles. The molecule has 1 saturated heterocycles. The fraction of sp³-hybridized carbons (Fsp3) is 0.333. The quantitative estimate of drug-likeness (QED) is 0.584. The molecule has 3 aromatic rings. The van der Waals surface area contributed by atoms with E-state index < -0.39 is 0 Å². The molecule has 0 spiro atoms. The van der Waals surface area contributed by atoms with Gasteiger partial charge >= 0.3 is 0 Å². The lowest BCUT2D eigenvalue weighted by atomic mass is 10.0. The standard InChI is InChI=1S/C24H29N5S/c1-18-10-4-5-12-20(18)28-16-8-13-21(28)23-22(19-11-6-7-14-25-19)26-24(30)29(23)17-9-15-27(2)3/h4-8,10-14,16,22-23H,9,15,17H2,1-3H3,(H,26,30)/t22-,23+/m0/s1. The number of hydrogen-bond acceptors (Lipinski definition) is 3. The van der Waals surface area contributed by atoms with Gasteiger partial charge in [-0.3, -0.25) is 4.98 Å². The summed E-state index contributed by atoms with van der Waals surface area (Å²) in [5, 5.41) is 4.36. The molecule has 1 aliphatic rings. The van der Waals surface area contributed by atoms with E-state index in [9.17, 15) is 0 Å². The van der Waals surface area contributed by atoms with Crippen molar-refractivity contribution < 1.29 is 0 Å². The Kier molecular flexibility index (Phi) is 6.16. The summed E-state index contributed by atoms with van der Waals surface area (Å²) in [6, 6.07) is 19.0. The van der Waals surface area contributed by atoms with Gasteiger partial charge in [0.05, 0.1) is 17.8 Å². The first kappa shape index (κ1) is 20.6. The van der Waals surface area contributed by atoms with E-state index in [1.165, 1.54) is 16.9 Å². The van der Waals surface area contributed by atoms with Crippen molar-refractivity contribution in [1.82, 2.24) is 24.7 Å². The zero-order chi connectivity index (χ0) is 21.1. The summed E-state index contributed by atoms with van der Waals surface area (Å²) >= 11 is 5.80. The highest BCUT2D eigenvalue weighted by Crippen LogP contribution is 2.39. The number of nitrogens with one attached hydrogen (secondary N) is 1. The number of nitrogens with zero attached hydrogens (tertiary/aromatic N) is 4. The van der Waals surface area contributed by atoms with Crippen molar-refractivity contribution >= 4 is 17.3 Å². The molecule has 156 valence electrons. The van der Waals surface area contributed by atoms with Gasteiger partial charge in [-0.2, -0.15) is 0 Å². The molecule has 0 aliphatic carbocycles. The molecule has 0 amide bonds. The maximum atomic E-state index is 5.80. The highest BCUT2D eigenvalue weighted by molar-refractivity contribution is 7.80. The first-order valence-electron chi connectivity index (χ1n) is 10.4. The lowest BCUT2D eigenvalue weighted by molar-refractivity contribution is 0.286. The third-order valence-corrected chi connectivity index (χ3v) is 6.01.